The average Bonchev–Trinajstić information content (AvgIpc) is 2.19. The highest BCUT2D eigenvalue weighted by molar-refractivity contribution is 9.10. The van der Waals surface area contributed by atoms with Gasteiger partial charge < -0.3 is 21.1 Å². The molecule has 0 radical (unpaired) electrons. The third-order valence-corrected chi connectivity index (χ3v) is 2.66. The van der Waals surface area contributed by atoms with Gasteiger partial charge in [0.05, 0.1) is 12.4 Å². The van der Waals surface area contributed by atoms with Crippen LogP contribution in [0.15, 0.2) is 15.6 Å². The van der Waals surface area contributed by atoms with E-state index in [1.165, 1.54) is 6.33 Å². The Kier molecular flexibility index (Phi) is 4.25. The van der Waals surface area contributed by atoms with Gasteiger partial charge in [-0.05, 0) is 22.9 Å². The van der Waals surface area contributed by atoms with Crippen LogP contribution < -0.4 is 16.6 Å². The molecular formula is C8H13BrN4O2. The normalized spacial score (nSPS) is 14.7. The molecule has 15 heavy (non-hydrogen) atoms. The minimum absolute atomic E-state index is 0.266. The first-order chi connectivity index (χ1) is 7.02. The van der Waals surface area contributed by atoms with Crippen molar-refractivity contribution in [2.75, 3.05) is 11.9 Å². The van der Waals surface area contributed by atoms with Crippen molar-refractivity contribution < 1.29 is 5.11 Å². The number of nitrogens with zero attached hydrogens (tertiary/aromatic N) is 1. The van der Waals surface area contributed by atoms with Crippen molar-refractivity contribution in [1.29, 1.82) is 0 Å². The summed E-state index contributed by atoms with van der Waals surface area (Å²) in [4.78, 5) is 17.5. The lowest BCUT2D eigenvalue weighted by Crippen LogP contribution is -2.39. The Morgan fingerprint density at radius 3 is 3.07 bits per heavy atom. The summed E-state index contributed by atoms with van der Waals surface area (Å²) in [6, 6.07) is -0.405. The van der Waals surface area contributed by atoms with Gasteiger partial charge >= 0.3 is 0 Å². The number of aromatic amines is 1. The van der Waals surface area contributed by atoms with E-state index in [0.717, 1.165) is 0 Å². The number of aliphatic hydroxyl groups is 1. The number of aromatic nitrogens is 2. The van der Waals surface area contributed by atoms with Crippen LogP contribution >= 0.6 is 15.9 Å². The van der Waals surface area contributed by atoms with Gasteiger partial charge in [0.2, 0.25) is 0 Å². The zero-order chi connectivity index (χ0) is 11.4. The molecule has 84 valence electrons. The molecule has 0 fully saturated rings. The molecule has 0 aliphatic carbocycles. The van der Waals surface area contributed by atoms with Gasteiger partial charge in [-0.2, -0.15) is 0 Å². The highest BCUT2D eigenvalue weighted by Gasteiger charge is 2.10. The van der Waals surface area contributed by atoms with E-state index >= 15 is 0 Å². The fraction of sp³-hybridized carbons (Fsp3) is 0.500. The molecule has 0 saturated carbocycles. The van der Waals surface area contributed by atoms with Crippen molar-refractivity contribution in [2.45, 2.75) is 19.1 Å². The number of H-pyrrole nitrogens is 1. The highest BCUT2D eigenvalue weighted by Crippen LogP contribution is 2.12. The number of hydrogen-bond acceptors (Lipinski definition) is 5. The minimum atomic E-state index is -0.613. The zero-order valence-electron chi connectivity index (χ0n) is 8.20. The van der Waals surface area contributed by atoms with Crippen molar-refractivity contribution in [2.24, 2.45) is 5.73 Å². The predicted octanol–water partition coefficient (Wildman–Crippen LogP) is -0.348. The lowest BCUT2D eigenvalue weighted by molar-refractivity contribution is 0.168. The Balaban J connectivity index is 2.66. The topological polar surface area (TPSA) is 104 Å². The Bertz CT molecular complexity index is 379. The molecule has 0 bridgehead atoms. The maximum absolute atomic E-state index is 11.2. The maximum atomic E-state index is 11.2. The fourth-order valence-corrected chi connectivity index (χ4v) is 1.25. The van der Waals surface area contributed by atoms with Crippen molar-refractivity contribution in [3.63, 3.8) is 0 Å². The summed E-state index contributed by atoms with van der Waals surface area (Å²) < 4.78 is 0.322. The molecular weight excluding hydrogens is 264 g/mol. The molecule has 0 aliphatic heterocycles. The van der Waals surface area contributed by atoms with Gasteiger partial charge in [-0.1, -0.05) is 0 Å². The summed E-state index contributed by atoms with van der Waals surface area (Å²) in [5.74, 6) is 0.412. The molecule has 2 atom stereocenters. The van der Waals surface area contributed by atoms with Crippen LogP contribution in [-0.4, -0.2) is 33.8 Å². The van der Waals surface area contributed by atoms with Gasteiger partial charge in [-0.15, -0.1) is 0 Å². The molecule has 0 aliphatic rings. The van der Waals surface area contributed by atoms with Gasteiger partial charge in [-0.3, -0.25) is 4.79 Å². The van der Waals surface area contributed by atoms with Crippen LogP contribution in [0.2, 0.25) is 0 Å². The molecule has 7 heteroatoms. The lowest BCUT2D eigenvalue weighted by atomic mass is 10.2. The van der Waals surface area contributed by atoms with E-state index < -0.39 is 12.1 Å². The molecule has 2 unspecified atom stereocenters. The van der Waals surface area contributed by atoms with E-state index in [1.807, 2.05) is 0 Å². The summed E-state index contributed by atoms with van der Waals surface area (Å²) in [5, 5.41) is 12.0. The maximum Gasteiger partial charge on any atom is 0.267 e. The lowest BCUT2D eigenvalue weighted by Gasteiger charge is -2.15. The molecule has 6 nitrogen and oxygen atoms in total. The summed E-state index contributed by atoms with van der Waals surface area (Å²) in [5.41, 5.74) is 5.35. The molecule has 0 amide bonds. The standard InChI is InChI=1S/C8H13BrN4O2/c1-4(14)5(10)2-11-7-6(9)8(15)13-3-12-7/h3-5,14H,2,10H2,1H3,(H2,11,12,13,15). The second kappa shape index (κ2) is 5.24. The Labute approximate surface area is 95.0 Å². The number of nitrogens with two attached hydrogens (primary N) is 1. The first-order valence-corrected chi connectivity index (χ1v) is 5.22. The molecule has 5 N–H and O–H groups in total. The monoisotopic (exact) mass is 276 g/mol. The van der Waals surface area contributed by atoms with E-state index in [1.54, 1.807) is 6.92 Å². The molecule has 0 aromatic carbocycles. The molecule has 1 aromatic rings. The third kappa shape index (κ3) is 3.29. The van der Waals surface area contributed by atoms with Gasteiger partial charge in [0.1, 0.15) is 10.3 Å². The Morgan fingerprint density at radius 2 is 2.47 bits per heavy atom. The quantitative estimate of drug-likeness (QED) is 0.602. The van der Waals surface area contributed by atoms with Crippen LogP contribution in [-0.2, 0) is 0 Å². The molecule has 0 saturated heterocycles. The van der Waals surface area contributed by atoms with Gasteiger partial charge in [0.15, 0.2) is 0 Å². The van der Waals surface area contributed by atoms with Crippen LogP contribution in [0.25, 0.3) is 0 Å². The Hall–Kier alpha value is -0.920. The van der Waals surface area contributed by atoms with E-state index in [0.29, 0.717) is 16.8 Å². The molecule has 1 aromatic heterocycles. The molecule has 1 heterocycles. The average molecular weight is 277 g/mol. The fourth-order valence-electron chi connectivity index (χ4n) is 0.891. The second-order valence-corrected chi connectivity index (χ2v) is 3.97. The van der Waals surface area contributed by atoms with E-state index in [-0.39, 0.29) is 5.56 Å². The van der Waals surface area contributed by atoms with Crippen LogP contribution in [0.4, 0.5) is 5.82 Å². The number of anilines is 1. The summed E-state index contributed by atoms with van der Waals surface area (Å²) >= 11 is 3.10. The third-order valence-electron chi connectivity index (χ3n) is 1.92. The zero-order valence-corrected chi connectivity index (χ0v) is 9.78. The molecule has 0 spiro atoms. The van der Waals surface area contributed by atoms with Crippen LogP contribution in [0, 0.1) is 0 Å². The van der Waals surface area contributed by atoms with Crippen molar-refractivity contribution in [3.8, 4) is 0 Å². The number of aliphatic hydroxyl groups excluding tert-OH is 1. The van der Waals surface area contributed by atoms with Crippen molar-refractivity contribution in [3.05, 3.63) is 21.2 Å². The second-order valence-electron chi connectivity index (χ2n) is 3.18. The predicted molar refractivity (Wildman–Crippen MR) is 60.7 cm³/mol. The van der Waals surface area contributed by atoms with Gasteiger partial charge in [0, 0.05) is 12.6 Å². The largest absolute Gasteiger partial charge is 0.392 e. The van der Waals surface area contributed by atoms with Gasteiger partial charge in [0.25, 0.3) is 5.56 Å². The number of nitrogens with one attached hydrogen (secondary N) is 2. The minimum Gasteiger partial charge on any atom is -0.392 e. The smallest absolute Gasteiger partial charge is 0.267 e. The van der Waals surface area contributed by atoms with Crippen LogP contribution in [0.5, 0.6) is 0 Å². The van der Waals surface area contributed by atoms with E-state index in [4.69, 9.17) is 10.8 Å². The highest BCUT2D eigenvalue weighted by atomic mass is 79.9. The number of halogens is 1. The number of hydrogen-bond donors (Lipinski definition) is 4. The van der Waals surface area contributed by atoms with Crippen LogP contribution in [0.1, 0.15) is 6.92 Å². The van der Waals surface area contributed by atoms with E-state index in [2.05, 4.69) is 31.2 Å². The summed E-state index contributed by atoms with van der Waals surface area (Å²) in [6.07, 6.45) is 0.682. The first-order valence-electron chi connectivity index (χ1n) is 4.43. The summed E-state index contributed by atoms with van der Waals surface area (Å²) in [6.45, 7) is 1.94. The van der Waals surface area contributed by atoms with Crippen molar-refractivity contribution in [1.82, 2.24) is 9.97 Å². The van der Waals surface area contributed by atoms with Gasteiger partial charge in [-0.25, -0.2) is 4.98 Å². The molecule has 1 rings (SSSR count). The SMILES string of the molecule is CC(O)C(N)CNc1nc[nH]c(=O)c1Br. The number of rotatable bonds is 4. The first kappa shape index (κ1) is 12.2. The Morgan fingerprint density at radius 1 is 1.80 bits per heavy atom. The van der Waals surface area contributed by atoms with Crippen molar-refractivity contribution >= 4 is 21.7 Å². The summed E-state index contributed by atoms with van der Waals surface area (Å²) in [7, 11) is 0. The van der Waals surface area contributed by atoms with E-state index in [9.17, 15) is 4.79 Å². The van der Waals surface area contributed by atoms with Crippen LogP contribution in [0.3, 0.4) is 0 Å².